The standard InChI is InChI=1S/C17H15BrFNO4/c18-13-4-3-11(15(19)7-13)10-24-17(22)12-6-16(21)20(8-12)9-14-2-1-5-23-14/h1-5,7,12H,6,8-10H2/t12-/m0/s1. The highest BCUT2D eigenvalue weighted by Crippen LogP contribution is 2.23. The molecule has 1 amide bonds. The van der Waals surface area contributed by atoms with Gasteiger partial charge in [-0.2, -0.15) is 0 Å². The zero-order valence-electron chi connectivity index (χ0n) is 12.7. The molecule has 1 aromatic heterocycles. The molecule has 24 heavy (non-hydrogen) atoms. The molecule has 1 saturated heterocycles. The van der Waals surface area contributed by atoms with Crippen molar-refractivity contribution in [3.63, 3.8) is 0 Å². The number of amides is 1. The molecule has 7 heteroatoms. The molecule has 0 N–H and O–H groups in total. The van der Waals surface area contributed by atoms with Crippen LogP contribution in [0.25, 0.3) is 0 Å². The molecule has 1 aromatic carbocycles. The molecule has 2 heterocycles. The van der Waals surface area contributed by atoms with Crippen molar-refractivity contribution in [2.75, 3.05) is 6.54 Å². The number of benzene rings is 1. The molecule has 5 nitrogen and oxygen atoms in total. The van der Waals surface area contributed by atoms with Crippen LogP contribution >= 0.6 is 15.9 Å². The molecular formula is C17H15BrFNO4. The highest BCUT2D eigenvalue weighted by atomic mass is 79.9. The van der Waals surface area contributed by atoms with Crippen molar-refractivity contribution in [1.82, 2.24) is 4.90 Å². The number of furan rings is 1. The lowest BCUT2D eigenvalue weighted by molar-refractivity contribution is -0.149. The maximum atomic E-state index is 13.7. The zero-order valence-corrected chi connectivity index (χ0v) is 14.3. The molecule has 0 unspecified atom stereocenters. The first kappa shape index (κ1) is 16.7. The lowest BCUT2D eigenvalue weighted by atomic mass is 10.1. The number of likely N-dealkylation sites (tertiary alicyclic amines) is 1. The molecule has 1 aliphatic heterocycles. The quantitative estimate of drug-likeness (QED) is 0.728. The van der Waals surface area contributed by atoms with Crippen LogP contribution < -0.4 is 0 Å². The Morgan fingerprint density at radius 3 is 2.96 bits per heavy atom. The summed E-state index contributed by atoms with van der Waals surface area (Å²) in [5.41, 5.74) is 0.295. The van der Waals surface area contributed by atoms with Crippen molar-refractivity contribution >= 4 is 27.8 Å². The lowest BCUT2D eigenvalue weighted by Crippen LogP contribution is -2.26. The minimum Gasteiger partial charge on any atom is -0.467 e. The summed E-state index contributed by atoms with van der Waals surface area (Å²) in [7, 11) is 0. The molecule has 1 aliphatic rings. The van der Waals surface area contributed by atoms with Gasteiger partial charge < -0.3 is 14.1 Å². The highest BCUT2D eigenvalue weighted by molar-refractivity contribution is 9.10. The van der Waals surface area contributed by atoms with Crippen LogP contribution in [0.15, 0.2) is 45.5 Å². The number of hydrogen-bond acceptors (Lipinski definition) is 4. The normalized spacial score (nSPS) is 17.3. The molecule has 0 radical (unpaired) electrons. The number of nitrogens with zero attached hydrogens (tertiary/aromatic N) is 1. The summed E-state index contributed by atoms with van der Waals surface area (Å²) >= 11 is 3.17. The number of carbonyl (C=O) groups is 2. The van der Waals surface area contributed by atoms with Crippen LogP contribution in [0.4, 0.5) is 4.39 Å². The maximum absolute atomic E-state index is 13.7. The topological polar surface area (TPSA) is 59.8 Å². The molecule has 126 valence electrons. The van der Waals surface area contributed by atoms with Crippen molar-refractivity contribution in [2.24, 2.45) is 5.92 Å². The average molecular weight is 396 g/mol. The smallest absolute Gasteiger partial charge is 0.311 e. The van der Waals surface area contributed by atoms with Crippen molar-refractivity contribution < 1.29 is 23.1 Å². The van der Waals surface area contributed by atoms with E-state index in [2.05, 4.69) is 15.9 Å². The molecule has 1 atom stereocenters. The van der Waals surface area contributed by atoms with Crippen molar-refractivity contribution in [1.29, 1.82) is 0 Å². The maximum Gasteiger partial charge on any atom is 0.311 e. The minimum atomic E-state index is -0.536. The molecule has 0 spiro atoms. The van der Waals surface area contributed by atoms with E-state index < -0.39 is 17.7 Å². The predicted molar refractivity (Wildman–Crippen MR) is 86.1 cm³/mol. The molecule has 0 saturated carbocycles. The van der Waals surface area contributed by atoms with Gasteiger partial charge in [-0.15, -0.1) is 0 Å². The van der Waals surface area contributed by atoms with Crippen LogP contribution in [0.2, 0.25) is 0 Å². The van der Waals surface area contributed by atoms with Crippen molar-refractivity contribution in [3.8, 4) is 0 Å². The van der Waals surface area contributed by atoms with Gasteiger partial charge in [0.1, 0.15) is 18.2 Å². The van der Waals surface area contributed by atoms with E-state index in [1.165, 1.54) is 12.3 Å². The molecule has 0 aliphatic carbocycles. The van der Waals surface area contributed by atoms with E-state index in [1.807, 2.05) is 0 Å². The second-order valence-corrected chi connectivity index (χ2v) is 6.51. The second-order valence-electron chi connectivity index (χ2n) is 5.60. The third kappa shape index (κ3) is 3.84. The van der Waals surface area contributed by atoms with Crippen LogP contribution in [0.5, 0.6) is 0 Å². The predicted octanol–water partition coefficient (Wildman–Crippen LogP) is 3.27. The Morgan fingerprint density at radius 1 is 1.42 bits per heavy atom. The molecule has 0 bridgehead atoms. The van der Waals surface area contributed by atoms with Crippen LogP contribution in [0, 0.1) is 11.7 Å². The summed E-state index contributed by atoms with van der Waals surface area (Å²) in [4.78, 5) is 25.7. The SMILES string of the molecule is O=C(OCc1ccc(Br)cc1F)[C@H]1CC(=O)N(Cc2ccco2)C1. The zero-order chi connectivity index (χ0) is 17.1. The van der Waals surface area contributed by atoms with Gasteiger partial charge in [-0.1, -0.05) is 22.0 Å². The Morgan fingerprint density at radius 2 is 2.25 bits per heavy atom. The Balaban J connectivity index is 1.55. The van der Waals surface area contributed by atoms with Gasteiger partial charge >= 0.3 is 5.97 Å². The van der Waals surface area contributed by atoms with Gasteiger partial charge in [-0.25, -0.2) is 4.39 Å². The van der Waals surface area contributed by atoms with Gasteiger partial charge in [-0.3, -0.25) is 9.59 Å². The Labute approximate surface area is 146 Å². The monoisotopic (exact) mass is 395 g/mol. The van der Waals surface area contributed by atoms with Gasteiger partial charge in [0, 0.05) is 23.0 Å². The van der Waals surface area contributed by atoms with Gasteiger partial charge in [-0.05, 0) is 24.3 Å². The van der Waals surface area contributed by atoms with E-state index in [4.69, 9.17) is 9.15 Å². The third-order valence-electron chi connectivity index (χ3n) is 3.86. The number of esters is 1. The Bertz CT molecular complexity index is 747. The Hall–Kier alpha value is -2.15. The van der Waals surface area contributed by atoms with E-state index >= 15 is 0 Å². The summed E-state index contributed by atoms with van der Waals surface area (Å²) in [5.74, 6) is -0.935. The third-order valence-corrected chi connectivity index (χ3v) is 4.35. The first-order chi connectivity index (χ1) is 11.5. The van der Waals surface area contributed by atoms with Crippen LogP contribution in [-0.4, -0.2) is 23.3 Å². The number of ether oxygens (including phenoxy) is 1. The van der Waals surface area contributed by atoms with E-state index in [1.54, 1.807) is 29.2 Å². The number of carbonyl (C=O) groups excluding carboxylic acids is 2. The van der Waals surface area contributed by atoms with Gasteiger partial charge in [0.25, 0.3) is 0 Å². The summed E-state index contributed by atoms with van der Waals surface area (Å²) < 4.78 is 24.7. The largest absolute Gasteiger partial charge is 0.467 e. The molecule has 2 aromatic rings. The molecule has 3 rings (SSSR count). The first-order valence-corrected chi connectivity index (χ1v) is 8.23. The first-order valence-electron chi connectivity index (χ1n) is 7.43. The number of hydrogen-bond donors (Lipinski definition) is 0. The average Bonchev–Trinajstić information content (AvgIpc) is 3.17. The Kier molecular flexibility index (Phi) is 4.99. The summed E-state index contributed by atoms with van der Waals surface area (Å²) in [6.45, 7) is 0.457. The van der Waals surface area contributed by atoms with Crippen LogP contribution in [0.3, 0.4) is 0 Å². The molecular weight excluding hydrogens is 381 g/mol. The van der Waals surface area contributed by atoms with Gasteiger partial charge in [0.2, 0.25) is 5.91 Å². The fraction of sp³-hybridized carbons (Fsp3) is 0.294. The van der Waals surface area contributed by atoms with E-state index in [-0.39, 0.29) is 25.5 Å². The summed E-state index contributed by atoms with van der Waals surface area (Å²) in [6.07, 6.45) is 1.64. The fourth-order valence-corrected chi connectivity index (χ4v) is 2.91. The lowest BCUT2D eigenvalue weighted by Gasteiger charge is -2.14. The van der Waals surface area contributed by atoms with Gasteiger partial charge in [0.05, 0.1) is 18.7 Å². The van der Waals surface area contributed by atoms with Crippen molar-refractivity contribution in [2.45, 2.75) is 19.6 Å². The highest BCUT2D eigenvalue weighted by Gasteiger charge is 2.35. The number of rotatable bonds is 5. The summed E-state index contributed by atoms with van der Waals surface area (Å²) in [5, 5.41) is 0. The minimum absolute atomic E-state index is 0.0996. The second kappa shape index (κ2) is 7.17. The van der Waals surface area contributed by atoms with E-state index in [0.29, 0.717) is 22.3 Å². The van der Waals surface area contributed by atoms with E-state index in [9.17, 15) is 14.0 Å². The van der Waals surface area contributed by atoms with Crippen LogP contribution in [-0.2, 0) is 27.5 Å². The van der Waals surface area contributed by atoms with Crippen molar-refractivity contribution in [3.05, 3.63) is 58.2 Å². The number of halogens is 2. The summed E-state index contributed by atoms with van der Waals surface area (Å²) in [6, 6.07) is 8.06. The molecule has 1 fully saturated rings. The fourth-order valence-electron chi connectivity index (χ4n) is 2.58. The van der Waals surface area contributed by atoms with E-state index in [0.717, 1.165) is 0 Å². The van der Waals surface area contributed by atoms with Gasteiger partial charge in [0.15, 0.2) is 0 Å². The van der Waals surface area contributed by atoms with Crippen LogP contribution in [0.1, 0.15) is 17.7 Å².